The Morgan fingerprint density at radius 1 is 1.50 bits per heavy atom. The van der Waals surface area contributed by atoms with Crippen LogP contribution in [0.2, 0.25) is 0 Å². The molecule has 0 heterocycles. The van der Waals surface area contributed by atoms with E-state index in [1.807, 2.05) is 0 Å². The molecule has 92 valence electrons. The lowest BCUT2D eigenvalue weighted by molar-refractivity contribution is -0.162. The maximum absolute atomic E-state index is 12.2. The number of hydrogen-bond acceptors (Lipinski definition) is 2. The zero-order valence-electron chi connectivity index (χ0n) is 8.80. The van der Waals surface area contributed by atoms with Gasteiger partial charge in [-0.3, -0.25) is 4.79 Å². The summed E-state index contributed by atoms with van der Waals surface area (Å²) in [5, 5.41) is 0. The van der Waals surface area contributed by atoms with Crippen LogP contribution >= 0.6 is 12.2 Å². The van der Waals surface area contributed by atoms with Gasteiger partial charge >= 0.3 is 6.18 Å². The van der Waals surface area contributed by atoms with E-state index in [9.17, 15) is 18.0 Å². The topological polar surface area (TPSA) is 46.3 Å². The Bertz CT molecular complexity index is 312. The van der Waals surface area contributed by atoms with Crippen molar-refractivity contribution >= 4 is 23.1 Å². The fraction of sp³-hybridized carbons (Fsp3) is 0.778. The molecule has 1 aliphatic rings. The van der Waals surface area contributed by atoms with Crippen LogP contribution < -0.4 is 5.73 Å². The number of hydrogen-bond donors (Lipinski definition) is 1. The van der Waals surface area contributed by atoms with E-state index in [0.29, 0.717) is 12.8 Å². The summed E-state index contributed by atoms with van der Waals surface area (Å²) in [5.41, 5.74) is 4.39. The number of thiocarbonyl (C=S) groups is 1. The smallest absolute Gasteiger partial charge is 0.392 e. The number of rotatable bonds is 4. The molecular formula is C9H13F3N2OS. The molecule has 0 aromatic carbocycles. The minimum Gasteiger partial charge on any atom is -0.392 e. The van der Waals surface area contributed by atoms with Gasteiger partial charge in [0, 0.05) is 6.54 Å². The van der Waals surface area contributed by atoms with Crippen molar-refractivity contribution in [2.75, 3.05) is 13.1 Å². The first-order valence-electron chi connectivity index (χ1n) is 4.89. The van der Waals surface area contributed by atoms with E-state index in [2.05, 4.69) is 0 Å². The van der Waals surface area contributed by atoms with E-state index >= 15 is 0 Å². The van der Waals surface area contributed by atoms with Crippen LogP contribution in [0.25, 0.3) is 0 Å². The molecule has 0 saturated heterocycles. The summed E-state index contributed by atoms with van der Waals surface area (Å²) in [4.78, 5) is 12.6. The van der Waals surface area contributed by atoms with Crippen molar-refractivity contribution in [3.05, 3.63) is 0 Å². The van der Waals surface area contributed by atoms with Crippen LogP contribution in [0.15, 0.2) is 0 Å². The number of nitrogens with zero attached hydrogens (tertiary/aromatic N) is 1. The van der Waals surface area contributed by atoms with Gasteiger partial charge in [0.2, 0.25) is 5.91 Å². The van der Waals surface area contributed by atoms with Crippen molar-refractivity contribution in [1.29, 1.82) is 0 Å². The average molecular weight is 254 g/mol. The largest absolute Gasteiger partial charge is 0.406 e. The molecule has 1 fully saturated rings. The number of carbonyl (C=O) groups is 1. The number of nitrogens with two attached hydrogens (primary N) is 1. The molecule has 1 amide bonds. The van der Waals surface area contributed by atoms with E-state index in [0.717, 1.165) is 4.90 Å². The van der Waals surface area contributed by atoms with Crippen molar-refractivity contribution in [3.63, 3.8) is 0 Å². The zero-order valence-corrected chi connectivity index (χ0v) is 9.62. The van der Waals surface area contributed by atoms with E-state index in [1.165, 1.54) is 6.92 Å². The highest BCUT2D eigenvalue weighted by molar-refractivity contribution is 7.80. The highest BCUT2D eigenvalue weighted by atomic mass is 32.1. The van der Waals surface area contributed by atoms with Crippen molar-refractivity contribution in [2.24, 2.45) is 11.1 Å². The minimum atomic E-state index is -4.39. The van der Waals surface area contributed by atoms with Gasteiger partial charge in [0.15, 0.2) is 0 Å². The first-order chi connectivity index (χ1) is 7.23. The molecule has 1 aliphatic carbocycles. The maximum Gasteiger partial charge on any atom is 0.406 e. The van der Waals surface area contributed by atoms with Crippen LogP contribution in [-0.2, 0) is 4.79 Å². The second kappa shape index (κ2) is 4.20. The molecule has 0 radical (unpaired) electrons. The van der Waals surface area contributed by atoms with E-state index in [4.69, 9.17) is 18.0 Å². The summed E-state index contributed by atoms with van der Waals surface area (Å²) < 4.78 is 36.6. The summed E-state index contributed by atoms with van der Waals surface area (Å²) in [5.74, 6) is -0.597. The lowest BCUT2D eigenvalue weighted by atomic mass is 10.1. The standard InChI is InChI=1S/C9H13F3N2OS/c1-2-14(5-9(10,11)12)7(15)8(3-4-8)6(13)16/h2-5H2,1H3,(H2,13,16). The molecule has 7 heteroatoms. The van der Waals surface area contributed by atoms with Crippen molar-refractivity contribution in [1.82, 2.24) is 4.90 Å². The fourth-order valence-electron chi connectivity index (χ4n) is 1.54. The Balaban J connectivity index is 2.75. The van der Waals surface area contributed by atoms with Crippen LogP contribution in [0, 0.1) is 5.41 Å². The average Bonchev–Trinajstić information content (AvgIpc) is 2.92. The van der Waals surface area contributed by atoms with E-state index < -0.39 is 24.0 Å². The SMILES string of the molecule is CCN(CC(F)(F)F)C(=O)C1(C(N)=S)CC1. The monoisotopic (exact) mass is 254 g/mol. The number of alkyl halides is 3. The van der Waals surface area contributed by atoms with Gasteiger partial charge in [0.25, 0.3) is 0 Å². The summed E-state index contributed by atoms with van der Waals surface area (Å²) >= 11 is 4.73. The van der Waals surface area contributed by atoms with Crippen molar-refractivity contribution in [3.8, 4) is 0 Å². The van der Waals surface area contributed by atoms with Crippen LogP contribution in [0.4, 0.5) is 13.2 Å². The molecule has 2 N–H and O–H groups in total. The van der Waals surface area contributed by atoms with Crippen molar-refractivity contribution < 1.29 is 18.0 Å². The second-order valence-electron chi connectivity index (χ2n) is 3.88. The maximum atomic E-state index is 12.2. The lowest BCUT2D eigenvalue weighted by Crippen LogP contribution is -2.46. The van der Waals surface area contributed by atoms with Crippen LogP contribution in [0.1, 0.15) is 19.8 Å². The highest BCUT2D eigenvalue weighted by Crippen LogP contribution is 2.47. The van der Waals surface area contributed by atoms with E-state index in [-0.39, 0.29) is 11.5 Å². The fourth-order valence-corrected chi connectivity index (χ4v) is 1.83. The Labute approximate surface area is 96.8 Å². The Morgan fingerprint density at radius 2 is 2.00 bits per heavy atom. The number of carbonyl (C=O) groups excluding carboxylic acids is 1. The lowest BCUT2D eigenvalue weighted by Gasteiger charge is -2.26. The Kier molecular flexibility index (Phi) is 3.47. The molecular weight excluding hydrogens is 241 g/mol. The minimum absolute atomic E-state index is 0.00174. The highest BCUT2D eigenvalue weighted by Gasteiger charge is 2.55. The first-order valence-corrected chi connectivity index (χ1v) is 5.30. The van der Waals surface area contributed by atoms with Gasteiger partial charge in [0.1, 0.15) is 6.54 Å². The van der Waals surface area contributed by atoms with Crippen molar-refractivity contribution in [2.45, 2.75) is 25.9 Å². The molecule has 3 nitrogen and oxygen atoms in total. The van der Waals surface area contributed by atoms with Gasteiger partial charge in [-0.05, 0) is 19.8 Å². The van der Waals surface area contributed by atoms with Gasteiger partial charge in [0.05, 0.1) is 10.4 Å². The number of halogens is 3. The van der Waals surface area contributed by atoms with Crippen LogP contribution in [-0.4, -0.2) is 35.1 Å². The summed E-state index contributed by atoms with van der Waals surface area (Å²) in [7, 11) is 0. The van der Waals surface area contributed by atoms with Gasteiger partial charge in [-0.1, -0.05) is 12.2 Å². The Morgan fingerprint density at radius 3 is 2.25 bits per heavy atom. The third-order valence-electron chi connectivity index (χ3n) is 2.67. The molecule has 0 aliphatic heterocycles. The van der Waals surface area contributed by atoms with Gasteiger partial charge in [-0.2, -0.15) is 13.2 Å². The molecule has 0 unspecified atom stereocenters. The molecule has 0 aromatic heterocycles. The molecule has 1 rings (SSSR count). The Hall–Kier alpha value is -0.850. The molecule has 16 heavy (non-hydrogen) atoms. The van der Waals surface area contributed by atoms with Gasteiger partial charge < -0.3 is 10.6 Å². The summed E-state index contributed by atoms with van der Waals surface area (Å²) in [6.45, 7) is 0.259. The molecule has 0 bridgehead atoms. The predicted octanol–water partition coefficient (Wildman–Crippen LogP) is 1.46. The van der Waals surface area contributed by atoms with Gasteiger partial charge in [-0.25, -0.2) is 0 Å². The molecule has 0 spiro atoms. The third kappa shape index (κ3) is 2.63. The normalized spacial score (nSPS) is 18.0. The first kappa shape index (κ1) is 13.2. The number of amides is 1. The molecule has 0 atom stereocenters. The summed E-state index contributed by atoms with van der Waals surface area (Å²) in [6.07, 6.45) is -3.48. The summed E-state index contributed by atoms with van der Waals surface area (Å²) in [6, 6.07) is 0. The zero-order chi connectivity index (χ0) is 12.6. The van der Waals surface area contributed by atoms with Crippen LogP contribution in [0.3, 0.4) is 0 Å². The van der Waals surface area contributed by atoms with Gasteiger partial charge in [-0.15, -0.1) is 0 Å². The second-order valence-corrected chi connectivity index (χ2v) is 4.32. The predicted molar refractivity (Wildman–Crippen MR) is 56.8 cm³/mol. The molecule has 1 saturated carbocycles. The third-order valence-corrected chi connectivity index (χ3v) is 3.06. The molecule has 0 aromatic rings. The van der Waals surface area contributed by atoms with Crippen LogP contribution in [0.5, 0.6) is 0 Å². The van der Waals surface area contributed by atoms with E-state index in [1.54, 1.807) is 0 Å². The quantitative estimate of drug-likeness (QED) is 0.773.